The monoisotopic (exact) mass is 215 g/mol. The standard InChI is InChI=1S/C10H13NO2.ClH/c1-8(10(12)13)11(2)9-6-4-3-5-7-9;/h3-8H,1-2H3,(H,12,13);1H/t8-;/m1./s1. The summed E-state index contributed by atoms with van der Waals surface area (Å²) in [6.45, 7) is 1.66. The number of benzene rings is 1. The van der Waals surface area contributed by atoms with Crippen LogP contribution in [0.5, 0.6) is 0 Å². The summed E-state index contributed by atoms with van der Waals surface area (Å²) in [6, 6.07) is 8.96. The molecule has 0 fully saturated rings. The summed E-state index contributed by atoms with van der Waals surface area (Å²) in [6.07, 6.45) is 0. The van der Waals surface area contributed by atoms with E-state index in [-0.39, 0.29) is 12.4 Å². The van der Waals surface area contributed by atoms with Gasteiger partial charge >= 0.3 is 5.97 Å². The fourth-order valence-electron chi connectivity index (χ4n) is 1.05. The van der Waals surface area contributed by atoms with Crippen LogP contribution >= 0.6 is 12.4 Å². The Balaban J connectivity index is 0.00000169. The lowest BCUT2D eigenvalue weighted by molar-refractivity contribution is -0.138. The summed E-state index contributed by atoms with van der Waals surface area (Å²) in [5, 5.41) is 8.77. The third-order valence-electron chi connectivity index (χ3n) is 2.10. The molecule has 0 radical (unpaired) electrons. The molecule has 1 rings (SSSR count). The Morgan fingerprint density at radius 2 is 1.86 bits per heavy atom. The van der Waals surface area contributed by atoms with Gasteiger partial charge in [-0.3, -0.25) is 0 Å². The smallest absolute Gasteiger partial charge is 0.326 e. The van der Waals surface area contributed by atoms with E-state index < -0.39 is 12.0 Å². The lowest BCUT2D eigenvalue weighted by atomic mass is 10.2. The maximum atomic E-state index is 10.7. The molecule has 0 spiro atoms. The zero-order valence-corrected chi connectivity index (χ0v) is 8.99. The van der Waals surface area contributed by atoms with Crippen LogP contribution in [-0.2, 0) is 4.79 Å². The number of hydrogen-bond acceptors (Lipinski definition) is 2. The lowest BCUT2D eigenvalue weighted by Crippen LogP contribution is -2.35. The van der Waals surface area contributed by atoms with Crippen molar-refractivity contribution in [1.29, 1.82) is 0 Å². The van der Waals surface area contributed by atoms with Gasteiger partial charge in [0.25, 0.3) is 0 Å². The van der Waals surface area contributed by atoms with E-state index in [0.29, 0.717) is 0 Å². The maximum Gasteiger partial charge on any atom is 0.326 e. The van der Waals surface area contributed by atoms with Crippen LogP contribution in [0.25, 0.3) is 0 Å². The second kappa shape index (κ2) is 5.50. The van der Waals surface area contributed by atoms with Gasteiger partial charge in [-0.05, 0) is 19.1 Å². The molecule has 1 aromatic rings. The molecule has 1 N–H and O–H groups in total. The summed E-state index contributed by atoms with van der Waals surface area (Å²) < 4.78 is 0. The van der Waals surface area contributed by atoms with Crippen molar-refractivity contribution in [2.45, 2.75) is 13.0 Å². The minimum absolute atomic E-state index is 0. The molecule has 1 aromatic carbocycles. The largest absolute Gasteiger partial charge is 0.480 e. The first-order valence-electron chi connectivity index (χ1n) is 4.13. The molecule has 0 aromatic heterocycles. The molecule has 0 heterocycles. The van der Waals surface area contributed by atoms with Crippen LogP contribution in [0.1, 0.15) is 6.92 Å². The average molecular weight is 216 g/mol. The van der Waals surface area contributed by atoms with Gasteiger partial charge in [-0.2, -0.15) is 0 Å². The van der Waals surface area contributed by atoms with Gasteiger partial charge in [0, 0.05) is 12.7 Å². The minimum atomic E-state index is -0.814. The molecule has 4 heteroatoms. The molecule has 0 saturated carbocycles. The predicted octanol–water partition coefficient (Wildman–Crippen LogP) is 2.02. The fraction of sp³-hybridized carbons (Fsp3) is 0.300. The van der Waals surface area contributed by atoms with E-state index in [4.69, 9.17) is 5.11 Å². The second-order valence-electron chi connectivity index (χ2n) is 2.96. The molecule has 0 unspecified atom stereocenters. The van der Waals surface area contributed by atoms with Gasteiger partial charge in [0.2, 0.25) is 0 Å². The van der Waals surface area contributed by atoms with Crippen LogP contribution in [0.3, 0.4) is 0 Å². The normalized spacial score (nSPS) is 11.3. The van der Waals surface area contributed by atoms with Gasteiger partial charge in [-0.15, -0.1) is 12.4 Å². The first-order valence-corrected chi connectivity index (χ1v) is 4.13. The average Bonchev–Trinajstić information content (AvgIpc) is 2.17. The summed E-state index contributed by atoms with van der Waals surface area (Å²) in [4.78, 5) is 12.4. The van der Waals surface area contributed by atoms with Gasteiger partial charge < -0.3 is 10.0 Å². The van der Waals surface area contributed by atoms with Crippen LogP contribution < -0.4 is 4.90 Å². The molecule has 3 nitrogen and oxygen atoms in total. The number of rotatable bonds is 3. The van der Waals surface area contributed by atoms with E-state index in [1.165, 1.54) is 0 Å². The van der Waals surface area contributed by atoms with Crippen LogP contribution in [0.4, 0.5) is 5.69 Å². The molecule has 0 bridgehead atoms. The van der Waals surface area contributed by atoms with E-state index in [2.05, 4.69) is 0 Å². The van der Waals surface area contributed by atoms with Crippen molar-refractivity contribution in [1.82, 2.24) is 0 Å². The number of carboxylic acids is 1. The molecule has 78 valence electrons. The fourth-order valence-corrected chi connectivity index (χ4v) is 1.05. The number of likely N-dealkylation sites (N-methyl/N-ethyl adjacent to an activating group) is 1. The van der Waals surface area contributed by atoms with E-state index in [1.807, 2.05) is 30.3 Å². The SMILES string of the molecule is C[C@H](C(=O)O)N(C)c1ccccc1.Cl. The minimum Gasteiger partial charge on any atom is -0.480 e. The van der Waals surface area contributed by atoms with Crippen LogP contribution in [0, 0.1) is 0 Å². The van der Waals surface area contributed by atoms with Crippen molar-refractivity contribution in [2.24, 2.45) is 0 Å². The van der Waals surface area contributed by atoms with Crippen molar-refractivity contribution < 1.29 is 9.90 Å². The van der Waals surface area contributed by atoms with Crippen molar-refractivity contribution in [3.05, 3.63) is 30.3 Å². The zero-order valence-electron chi connectivity index (χ0n) is 8.18. The molecule has 0 saturated heterocycles. The van der Waals surface area contributed by atoms with Crippen LogP contribution in [-0.4, -0.2) is 24.2 Å². The van der Waals surface area contributed by atoms with Crippen molar-refractivity contribution >= 4 is 24.1 Å². The molecule has 0 amide bonds. The highest BCUT2D eigenvalue weighted by atomic mass is 35.5. The molecule has 14 heavy (non-hydrogen) atoms. The van der Waals surface area contributed by atoms with Crippen LogP contribution in [0.15, 0.2) is 30.3 Å². The number of hydrogen-bond donors (Lipinski definition) is 1. The van der Waals surface area contributed by atoms with Crippen LogP contribution in [0.2, 0.25) is 0 Å². The third kappa shape index (κ3) is 2.92. The number of nitrogens with zero attached hydrogens (tertiary/aromatic N) is 1. The number of anilines is 1. The van der Waals surface area contributed by atoms with E-state index in [9.17, 15) is 4.79 Å². The molecule has 0 aliphatic carbocycles. The molecule has 0 aliphatic heterocycles. The zero-order chi connectivity index (χ0) is 9.84. The van der Waals surface area contributed by atoms with Gasteiger partial charge in [0.1, 0.15) is 6.04 Å². The second-order valence-corrected chi connectivity index (χ2v) is 2.96. The summed E-state index contributed by atoms with van der Waals surface area (Å²) in [5.74, 6) is -0.814. The summed E-state index contributed by atoms with van der Waals surface area (Å²) in [7, 11) is 1.77. The summed E-state index contributed by atoms with van der Waals surface area (Å²) >= 11 is 0. The summed E-state index contributed by atoms with van der Waals surface area (Å²) in [5.41, 5.74) is 0.914. The van der Waals surface area contributed by atoms with Gasteiger partial charge in [-0.1, -0.05) is 18.2 Å². The van der Waals surface area contributed by atoms with Crippen molar-refractivity contribution in [2.75, 3.05) is 11.9 Å². The number of para-hydroxylation sites is 1. The first kappa shape index (κ1) is 12.8. The van der Waals surface area contributed by atoms with Gasteiger partial charge in [0.05, 0.1) is 0 Å². The van der Waals surface area contributed by atoms with Gasteiger partial charge in [-0.25, -0.2) is 4.79 Å². The highest BCUT2D eigenvalue weighted by Crippen LogP contribution is 2.13. The Bertz CT molecular complexity index is 289. The molecule has 0 aliphatic rings. The number of aliphatic carboxylic acids is 1. The Kier molecular flexibility index (Phi) is 5.02. The molecule has 1 atom stereocenters. The van der Waals surface area contributed by atoms with Crippen molar-refractivity contribution in [3.63, 3.8) is 0 Å². The lowest BCUT2D eigenvalue weighted by Gasteiger charge is -2.23. The third-order valence-corrected chi connectivity index (χ3v) is 2.10. The van der Waals surface area contributed by atoms with Crippen molar-refractivity contribution in [3.8, 4) is 0 Å². The highest BCUT2D eigenvalue weighted by Gasteiger charge is 2.16. The Hall–Kier alpha value is -1.22. The Labute approximate surface area is 89.8 Å². The topological polar surface area (TPSA) is 40.5 Å². The Morgan fingerprint density at radius 1 is 1.36 bits per heavy atom. The highest BCUT2D eigenvalue weighted by molar-refractivity contribution is 5.85. The van der Waals surface area contributed by atoms with E-state index >= 15 is 0 Å². The number of carboxylic acid groups (broad SMARTS) is 1. The molecular weight excluding hydrogens is 202 g/mol. The Morgan fingerprint density at radius 3 is 2.29 bits per heavy atom. The maximum absolute atomic E-state index is 10.7. The number of carbonyl (C=O) groups is 1. The van der Waals surface area contributed by atoms with E-state index in [1.54, 1.807) is 18.9 Å². The molecular formula is C10H14ClNO2. The predicted molar refractivity (Wildman–Crippen MR) is 59.2 cm³/mol. The first-order chi connectivity index (χ1) is 6.13. The van der Waals surface area contributed by atoms with E-state index in [0.717, 1.165) is 5.69 Å². The van der Waals surface area contributed by atoms with Gasteiger partial charge in [0.15, 0.2) is 0 Å². The number of halogens is 1. The quantitative estimate of drug-likeness (QED) is 0.839.